The fraction of sp³-hybridized carbons (Fsp3) is 0.903. The van der Waals surface area contributed by atoms with Crippen LogP contribution in [0.5, 0.6) is 0 Å². The van der Waals surface area contributed by atoms with Gasteiger partial charge in [0.15, 0.2) is 0 Å². The largest absolute Gasteiger partial charge is 0.544 e. The molecule has 216 valence electrons. The van der Waals surface area contributed by atoms with Gasteiger partial charge in [-0.05, 0) is 6.42 Å². The van der Waals surface area contributed by atoms with E-state index in [2.05, 4.69) is 6.92 Å². The summed E-state index contributed by atoms with van der Waals surface area (Å²) in [6.07, 6.45) is 26.0. The van der Waals surface area contributed by atoms with Gasteiger partial charge in [-0.2, -0.15) is 0 Å². The quantitative estimate of drug-likeness (QED) is 0.0836. The second kappa shape index (κ2) is 20.5. The molecule has 0 N–H and O–H groups in total. The van der Waals surface area contributed by atoms with Crippen molar-refractivity contribution in [2.45, 2.75) is 142 Å². The average Bonchev–Trinajstić information content (AvgIpc) is 3.10. The molecule has 0 aliphatic carbocycles. The third-order valence-corrected chi connectivity index (χ3v) is 7.95. The minimum Gasteiger partial charge on any atom is -0.544 e. The van der Waals surface area contributed by atoms with Gasteiger partial charge in [0.25, 0.3) is 0 Å². The maximum absolute atomic E-state index is 12.7. The Morgan fingerprint density at radius 1 is 0.757 bits per heavy atom. The summed E-state index contributed by atoms with van der Waals surface area (Å²) >= 11 is 0. The van der Waals surface area contributed by atoms with Crippen molar-refractivity contribution >= 4 is 17.8 Å². The molecule has 0 aromatic rings. The van der Waals surface area contributed by atoms with Crippen LogP contribution < -0.4 is 5.11 Å². The van der Waals surface area contributed by atoms with E-state index in [0.29, 0.717) is 30.4 Å². The average molecular weight is 523 g/mol. The molecule has 6 heteroatoms. The second-order valence-electron chi connectivity index (χ2n) is 12.1. The number of aliphatic carboxylic acids is 1. The highest BCUT2D eigenvalue weighted by atomic mass is 16.4. The third-order valence-electron chi connectivity index (χ3n) is 7.95. The Labute approximate surface area is 228 Å². The van der Waals surface area contributed by atoms with Crippen LogP contribution in [0, 0.1) is 5.92 Å². The van der Waals surface area contributed by atoms with Gasteiger partial charge in [0.05, 0.1) is 26.6 Å². The summed E-state index contributed by atoms with van der Waals surface area (Å²) < 4.78 is 0.293. The summed E-state index contributed by atoms with van der Waals surface area (Å²) in [5.41, 5.74) is 0. The maximum atomic E-state index is 12.7. The molecular weight excluding hydrogens is 464 g/mol. The Bertz CT molecular complexity index is 635. The summed E-state index contributed by atoms with van der Waals surface area (Å²) in [6, 6.07) is 0. The Morgan fingerprint density at radius 2 is 1.19 bits per heavy atom. The van der Waals surface area contributed by atoms with Crippen LogP contribution in [-0.2, 0) is 14.4 Å². The molecule has 1 aliphatic rings. The molecule has 0 spiro atoms. The monoisotopic (exact) mass is 522 g/mol. The molecule has 0 saturated carbocycles. The lowest BCUT2D eigenvalue weighted by atomic mass is 9.98. The van der Waals surface area contributed by atoms with Gasteiger partial charge in [-0.1, -0.05) is 122 Å². The van der Waals surface area contributed by atoms with Gasteiger partial charge < -0.3 is 14.4 Å². The minimum absolute atomic E-state index is 0.0258. The van der Waals surface area contributed by atoms with Crippen LogP contribution in [0.4, 0.5) is 0 Å². The fourth-order valence-electron chi connectivity index (χ4n) is 5.59. The Morgan fingerprint density at radius 3 is 1.62 bits per heavy atom. The number of unbranched alkanes of at least 4 members (excludes halogenated alkanes) is 17. The van der Waals surface area contributed by atoms with Crippen molar-refractivity contribution in [1.29, 1.82) is 0 Å². The number of carbonyl (C=O) groups excluding carboxylic acids is 3. The molecule has 1 unspecified atom stereocenters. The van der Waals surface area contributed by atoms with Gasteiger partial charge in [0.2, 0.25) is 11.8 Å². The number of hydrogen-bond acceptors (Lipinski definition) is 4. The number of carbonyl (C=O) groups is 3. The molecule has 1 heterocycles. The number of nitrogens with zero attached hydrogens (tertiary/aromatic N) is 2. The molecule has 2 amide bonds. The van der Waals surface area contributed by atoms with Crippen molar-refractivity contribution in [3.05, 3.63) is 0 Å². The molecule has 1 rings (SSSR count). The number of carboxylic acids is 1. The molecule has 37 heavy (non-hydrogen) atoms. The zero-order valence-electron chi connectivity index (χ0n) is 24.6. The van der Waals surface area contributed by atoms with Gasteiger partial charge in [0.1, 0.15) is 6.54 Å². The number of rotatable bonds is 25. The lowest BCUT2D eigenvalue weighted by molar-refractivity contribution is -0.884. The van der Waals surface area contributed by atoms with Crippen molar-refractivity contribution < 1.29 is 24.0 Å². The molecule has 0 radical (unpaired) electrons. The molecule has 1 atom stereocenters. The molecule has 1 fully saturated rings. The fourth-order valence-corrected chi connectivity index (χ4v) is 5.59. The van der Waals surface area contributed by atoms with Crippen molar-refractivity contribution in [3.8, 4) is 0 Å². The number of amides is 2. The summed E-state index contributed by atoms with van der Waals surface area (Å²) in [5, 5.41) is 10.8. The molecule has 0 aromatic heterocycles. The van der Waals surface area contributed by atoms with E-state index < -0.39 is 5.97 Å². The SMILES string of the molecule is CCCCCCCCCCCCCCCCCCCCC1CC(=O)N(CCC[N+](C)(C)CC(=O)[O-])C1=O. The van der Waals surface area contributed by atoms with E-state index in [-0.39, 0.29) is 24.3 Å². The van der Waals surface area contributed by atoms with E-state index in [9.17, 15) is 19.5 Å². The number of hydrogen-bond donors (Lipinski definition) is 0. The highest BCUT2D eigenvalue weighted by Gasteiger charge is 2.37. The Hall–Kier alpha value is -1.43. The highest BCUT2D eigenvalue weighted by Crippen LogP contribution is 2.25. The Kier molecular flexibility index (Phi) is 18.6. The predicted octanol–water partition coefficient (Wildman–Crippen LogP) is 6.01. The van der Waals surface area contributed by atoms with Crippen molar-refractivity contribution in [1.82, 2.24) is 4.90 Å². The number of imide groups is 1. The summed E-state index contributed by atoms with van der Waals surface area (Å²) in [4.78, 5) is 37.2. The van der Waals surface area contributed by atoms with Crippen LogP contribution >= 0.6 is 0 Å². The van der Waals surface area contributed by atoms with E-state index in [1.54, 1.807) is 0 Å². The van der Waals surface area contributed by atoms with E-state index in [4.69, 9.17) is 0 Å². The van der Waals surface area contributed by atoms with Crippen LogP contribution in [0.15, 0.2) is 0 Å². The number of quaternary nitrogens is 1. The minimum atomic E-state index is -1.08. The molecule has 1 saturated heterocycles. The first-order valence-electron chi connectivity index (χ1n) is 15.6. The topological polar surface area (TPSA) is 77.5 Å². The Balaban J connectivity index is 1.95. The van der Waals surface area contributed by atoms with Crippen LogP contribution in [0.25, 0.3) is 0 Å². The van der Waals surface area contributed by atoms with Crippen molar-refractivity contribution in [3.63, 3.8) is 0 Å². The van der Waals surface area contributed by atoms with Gasteiger partial charge in [-0.25, -0.2) is 0 Å². The van der Waals surface area contributed by atoms with E-state index >= 15 is 0 Å². The second-order valence-corrected chi connectivity index (χ2v) is 12.1. The van der Waals surface area contributed by atoms with E-state index in [0.717, 1.165) is 19.3 Å². The third kappa shape index (κ3) is 16.9. The first-order valence-corrected chi connectivity index (χ1v) is 15.6. The highest BCUT2D eigenvalue weighted by molar-refractivity contribution is 6.03. The number of likely N-dealkylation sites (N-methyl/N-ethyl adjacent to an activating group) is 1. The predicted molar refractivity (Wildman–Crippen MR) is 150 cm³/mol. The zero-order chi connectivity index (χ0) is 27.4. The van der Waals surface area contributed by atoms with Gasteiger partial charge in [0, 0.05) is 25.3 Å². The molecule has 0 bridgehead atoms. The number of likely N-dealkylation sites (tertiary alicyclic amines) is 1. The molecule has 0 aromatic carbocycles. The normalized spacial score (nSPS) is 16.2. The first kappa shape index (κ1) is 33.6. The number of carboxylic acid groups (broad SMARTS) is 1. The first-order chi connectivity index (χ1) is 17.8. The lowest BCUT2D eigenvalue weighted by Crippen LogP contribution is -2.49. The van der Waals surface area contributed by atoms with Gasteiger partial charge in [-0.3, -0.25) is 14.5 Å². The van der Waals surface area contributed by atoms with Crippen LogP contribution in [0.3, 0.4) is 0 Å². The van der Waals surface area contributed by atoms with E-state index in [1.165, 1.54) is 108 Å². The molecule has 6 nitrogen and oxygen atoms in total. The summed E-state index contributed by atoms with van der Waals surface area (Å²) in [7, 11) is 3.65. The van der Waals surface area contributed by atoms with Crippen molar-refractivity contribution in [2.75, 3.05) is 33.7 Å². The maximum Gasteiger partial charge on any atom is 0.232 e. The standard InChI is InChI=1S/C31H58N2O4/c1-4-5-6-7-8-9-10-11-12-13-14-15-16-17-18-19-20-21-23-28-26-29(34)32(31(28)37)24-22-25-33(2,3)27-30(35)36/h28H,4-27H2,1-3H3. The molecular formula is C31H58N2O4. The smallest absolute Gasteiger partial charge is 0.232 e. The van der Waals surface area contributed by atoms with Crippen LogP contribution in [0.2, 0.25) is 0 Å². The van der Waals surface area contributed by atoms with Crippen molar-refractivity contribution in [2.24, 2.45) is 5.92 Å². The summed E-state index contributed by atoms with van der Waals surface area (Å²) in [5.74, 6) is -1.33. The van der Waals surface area contributed by atoms with Gasteiger partial charge >= 0.3 is 0 Å². The summed E-state index contributed by atoms with van der Waals surface area (Å²) in [6.45, 7) is 3.19. The van der Waals surface area contributed by atoms with Crippen LogP contribution in [-0.4, -0.2) is 60.9 Å². The zero-order valence-corrected chi connectivity index (χ0v) is 24.6. The molecule has 1 aliphatic heterocycles. The van der Waals surface area contributed by atoms with E-state index in [1.807, 2.05) is 14.1 Å². The van der Waals surface area contributed by atoms with Crippen LogP contribution in [0.1, 0.15) is 142 Å². The van der Waals surface area contributed by atoms with Gasteiger partial charge in [-0.15, -0.1) is 0 Å². The lowest BCUT2D eigenvalue weighted by Gasteiger charge is -2.30.